The summed E-state index contributed by atoms with van der Waals surface area (Å²) in [6.07, 6.45) is 0. The van der Waals surface area contributed by atoms with Crippen molar-refractivity contribution in [1.82, 2.24) is 10.6 Å². The number of benzene rings is 3. The van der Waals surface area contributed by atoms with Crippen molar-refractivity contribution in [3.05, 3.63) is 95.0 Å². The first kappa shape index (κ1) is 20.6. The lowest BCUT2D eigenvalue weighted by Crippen LogP contribution is -2.48. The first-order valence-electron chi connectivity index (χ1n) is 9.16. The summed E-state index contributed by atoms with van der Waals surface area (Å²) in [5.74, 6) is -0.887. The third-order valence-electron chi connectivity index (χ3n) is 4.44. The zero-order valence-electron chi connectivity index (χ0n) is 15.6. The van der Waals surface area contributed by atoms with Gasteiger partial charge in [-0.05, 0) is 41.0 Å². The molecule has 0 spiro atoms. The van der Waals surface area contributed by atoms with Crippen LogP contribution in [0.1, 0.15) is 15.9 Å². The number of nitrogens with one attached hydrogen (secondary N) is 2. The third kappa shape index (κ3) is 5.67. The first-order valence-corrected chi connectivity index (χ1v) is 9.54. The molecule has 29 heavy (non-hydrogen) atoms. The Kier molecular flexibility index (Phi) is 7.00. The van der Waals surface area contributed by atoms with E-state index in [9.17, 15) is 14.7 Å². The van der Waals surface area contributed by atoms with E-state index in [1.165, 1.54) is 0 Å². The molecule has 3 N–H and O–H groups in total. The highest BCUT2D eigenvalue weighted by Gasteiger charge is 2.20. The van der Waals surface area contributed by atoms with Crippen LogP contribution < -0.4 is 10.6 Å². The molecule has 0 aromatic heterocycles. The molecule has 0 bridgehead atoms. The highest BCUT2D eigenvalue weighted by atomic mass is 35.5. The molecule has 0 saturated heterocycles. The van der Waals surface area contributed by atoms with Gasteiger partial charge in [-0.15, -0.1) is 0 Å². The number of rotatable bonds is 7. The van der Waals surface area contributed by atoms with Gasteiger partial charge in [0.15, 0.2) is 0 Å². The van der Waals surface area contributed by atoms with Gasteiger partial charge in [-0.1, -0.05) is 66.2 Å². The summed E-state index contributed by atoms with van der Waals surface area (Å²) >= 11 is 5.84. The quantitative estimate of drug-likeness (QED) is 0.560. The Morgan fingerprint density at radius 2 is 1.48 bits per heavy atom. The van der Waals surface area contributed by atoms with Gasteiger partial charge in [0.05, 0.1) is 6.61 Å². The normalized spacial score (nSPS) is 11.5. The van der Waals surface area contributed by atoms with Crippen molar-refractivity contribution >= 4 is 23.4 Å². The summed E-state index contributed by atoms with van der Waals surface area (Å²) in [4.78, 5) is 24.8. The summed E-state index contributed by atoms with van der Waals surface area (Å²) in [6.45, 7) is -0.228. The van der Waals surface area contributed by atoms with Crippen LogP contribution in [0, 0.1) is 0 Å². The van der Waals surface area contributed by atoms with Crippen molar-refractivity contribution in [3.63, 3.8) is 0 Å². The summed E-state index contributed by atoms with van der Waals surface area (Å²) in [5.41, 5.74) is 3.31. The van der Waals surface area contributed by atoms with Gasteiger partial charge in [-0.2, -0.15) is 0 Å². The molecule has 3 rings (SSSR count). The average Bonchev–Trinajstić information content (AvgIpc) is 2.77. The highest BCUT2D eigenvalue weighted by molar-refractivity contribution is 6.30. The van der Waals surface area contributed by atoms with E-state index in [2.05, 4.69) is 10.6 Å². The zero-order chi connectivity index (χ0) is 20.6. The maximum Gasteiger partial charge on any atom is 0.251 e. The van der Waals surface area contributed by atoms with Gasteiger partial charge in [0, 0.05) is 17.1 Å². The molecule has 0 aliphatic rings. The van der Waals surface area contributed by atoms with Crippen LogP contribution >= 0.6 is 11.6 Å². The molecule has 0 fully saturated rings. The molecule has 0 unspecified atom stereocenters. The molecule has 3 aromatic rings. The predicted octanol–water partition coefficient (Wildman–Crippen LogP) is 3.41. The summed E-state index contributed by atoms with van der Waals surface area (Å²) in [6, 6.07) is 22.9. The van der Waals surface area contributed by atoms with E-state index < -0.39 is 24.5 Å². The van der Waals surface area contributed by atoms with Crippen molar-refractivity contribution in [2.45, 2.75) is 12.6 Å². The number of halogens is 1. The number of amides is 2. The van der Waals surface area contributed by atoms with Crippen LogP contribution in [0.4, 0.5) is 0 Å². The Balaban J connectivity index is 1.58. The molecule has 0 radical (unpaired) electrons. The number of carbonyl (C=O) groups is 2. The second kappa shape index (κ2) is 9.87. The van der Waals surface area contributed by atoms with Crippen molar-refractivity contribution in [2.24, 2.45) is 0 Å². The van der Waals surface area contributed by atoms with Crippen LogP contribution in [0.5, 0.6) is 0 Å². The van der Waals surface area contributed by atoms with Crippen LogP contribution in [-0.2, 0) is 11.3 Å². The zero-order valence-corrected chi connectivity index (χ0v) is 16.4. The minimum Gasteiger partial charge on any atom is -0.394 e. The molecule has 5 nitrogen and oxygen atoms in total. The van der Waals surface area contributed by atoms with Gasteiger partial charge in [-0.25, -0.2) is 0 Å². The fraction of sp³-hybridized carbons (Fsp3) is 0.130. The Labute approximate surface area is 174 Å². The molecule has 1 atom stereocenters. The van der Waals surface area contributed by atoms with Crippen LogP contribution in [0.25, 0.3) is 11.1 Å². The number of hydrogen-bond acceptors (Lipinski definition) is 3. The second-order valence-corrected chi connectivity index (χ2v) is 6.93. The summed E-state index contributed by atoms with van der Waals surface area (Å²) in [7, 11) is 0. The first-order chi connectivity index (χ1) is 14.1. The number of hydrogen-bond donors (Lipinski definition) is 3. The lowest BCUT2D eigenvalue weighted by molar-refractivity contribution is -0.124. The molecule has 0 saturated carbocycles. The maximum atomic E-state index is 12.5. The van der Waals surface area contributed by atoms with Gasteiger partial charge >= 0.3 is 0 Å². The minimum atomic E-state index is -1.04. The second-order valence-electron chi connectivity index (χ2n) is 6.50. The molecular formula is C23H21ClN2O3. The topological polar surface area (TPSA) is 78.4 Å². The Morgan fingerprint density at radius 3 is 2.10 bits per heavy atom. The lowest BCUT2D eigenvalue weighted by atomic mass is 10.0. The SMILES string of the molecule is O=C(N[C@@H](CO)C(=O)NCc1ccc(Cl)cc1)c1ccc(-c2ccccc2)cc1. The molecule has 148 valence electrons. The van der Waals surface area contributed by atoms with Crippen LogP contribution in [0.15, 0.2) is 78.9 Å². The van der Waals surface area contributed by atoms with Crippen molar-refractivity contribution < 1.29 is 14.7 Å². The average molecular weight is 409 g/mol. The van der Waals surface area contributed by atoms with Crippen molar-refractivity contribution in [2.75, 3.05) is 6.61 Å². The molecule has 0 heterocycles. The van der Waals surface area contributed by atoms with E-state index >= 15 is 0 Å². The minimum absolute atomic E-state index is 0.272. The summed E-state index contributed by atoms with van der Waals surface area (Å²) in [5, 5.41) is 15.4. The van der Waals surface area contributed by atoms with Gasteiger partial charge in [0.2, 0.25) is 5.91 Å². The van der Waals surface area contributed by atoms with Gasteiger partial charge in [-0.3, -0.25) is 9.59 Å². The number of carbonyl (C=O) groups excluding carboxylic acids is 2. The maximum absolute atomic E-state index is 12.5. The van der Waals surface area contributed by atoms with Crippen LogP contribution in [0.2, 0.25) is 5.02 Å². The fourth-order valence-electron chi connectivity index (χ4n) is 2.79. The predicted molar refractivity (Wildman–Crippen MR) is 114 cm³/mol. The molecule has 2 amide bonds. The standard InChI is InChI=1S/C23H21ClN2O3/c24-20-12-6-16(7-13-20)14-25-23(29)21(15-27)26-22(28)19-10-8-18(9-11-19)17-4-2-1-3-5-17/h1-13,21,27H,14-15H2,(H,25,29)(H,26,28)/t21-/m0/s1. The van der Waals surface area contributed by atoms with Gasteiger partial charge < -0.3 is 15.7 Å². The Bertz CT molecular complexity index is 958. The lowest BCUT2D eigenvalue weighted by Gasteiger charge is -2.16. The summed E-state index contributed by atoms with van der Waals surface area (Å²) < 4.78 is 0. The van der Waals surface area contributed by atoms with E-state index in [1.54, 1.807) is 36.4 Å². The molecular weight excluding hydrogens is 388 g/mol. The fourth-order valence-corrected chi connectivity index (χ4v) is 2.92. The monoisotopic (exact) mass is 408 g/mol. The molecule has 0 aliphatic heterocycles. The third-order valence-corrected chi connectivity index (χ3v) is 4.69. The van der Waals surface area contributed by atoms with Crippen molar-refractivity contribution in [3.8, 4) is 11.1 Å². The van der Waals surface area contributed by atoms with E-state index in [0.29, 0.717) is 10.6 Å². The molecule has 0 aliphatic carbocycles. The molecule has 6 heteroatoms. The Morgan fingerprint density at radius 1 is 0.862 bits per heavy atom. The van der Waals surface area contributed by atoms with Gasteiger partial charge in [0.25, 0.3) is 5.91 Å². The van der Waals surface area contributed by atoms with Crippen LogP contribution in [0.3, 0.4) is 0 Å². The van der Waals surface area contributed by atoms with E-state index in [1.807, 2.05) is 42.5 Å². The van der Waals surface area contributed by atoms with E-state index in [0.717, 1.165) is 16.7 Å². The van der Waals surface area contributed by atoms with Crippen molar-refractivity contribution in [1.29, 1.82) is 0 Å². The van der Waals surface area contributed by atoms with Gasteiger partial charge in [0.1, 0.15) is 6.04 Å². The Hall–Kier alpha value is -3.15. The highest BCUT2D eigenvalue weighted by Crippen LogP contribution is 2.19. The van der Waals surface area contributed by atoms with E-state index in [-0.39, 0.29) is 6.54 Å². The number of aliphatic hydroxyl groups is 1. The largest absolute Gasteiger partial charge is 0.394 e. The number of aliphatic hydroxyl groups excluding tert-OH is 1. The molecule has 3 aromatic carbocycles. The van der Waals surface area contributed by atoms with Crippen LogP contribution in [-0.4, -0.2) is 29.6 Å². The van der Waals surface area contributed by atoms with E-state index in [4.69, 9.17) is 11.6 Å². The smallest absolute Gasteiger partial charge is 0.251 e.